The van der Waals surface area contributed by atoms with Crippen molar-refractivity contribution >= 4 is 34.1 Å². The molecular weight excluding hydrogens is 550 g/mol. The number of aliphatic hydroxyl groups is 1. The first-order valence-corrected chi connectivity index (χ1v) is 14.3. The van der Waals surface area contributed by atoms with E-state index in [1.165, 1.54) is 12.1 Å². The van der Waals surface area contributed by atoms with Gasteiger partial charge < -0.3 is 30.1 Å². The summed E-state index contributed by atoms with van der Waals surface area (Å²) in [5.41, 5.74) is 0.493. The number of aliphatic hydroxyl groups excluding tert-OH is 1. The summed E-state index contributed by atoms with van der Waals surface area (Å²) < 4.78 is 6.06. The molecule has 0 bridgehead atoms. The molecule has 2 aromatic carbocycles. The number of aromatic nitrogens is 2. The molecule has 43 heavy (non-hydrogen) atoms. The molecule has 12 nitrogen and oxygen atoms in total. The van der Waals surface area contributed by atoms with Gasteiger partial charge in [0.2, 0.25) is 5.91 Å². The van der Waals surface area contributed by atoms with E-state index in [1.807, 2.05) is 29.2 Å². The van der Waals surface area contributed by atoms with Gasteiger partial charge in [0.25, 0.3) is 5.91 Å². The van der Waals surface area contributed by atoms with Gasteiger partial charge in [0.15, 0.2) is 0 Å². The Labute approximate surface area is 249 Å². The number of β-amino-alcohol motifs (C(OH)–C–C–N with tert-alkyl or cyclic N) is 1. The predicted molar refractivity (Wildman–Crippen MR) is 161 cm³/mol. The van der Waals surface area contributed by atoms with E-state index in [4.69, 9.17) is 4.74 Å². The van der Waals surface area contributed by atoms with Crippen LogP contribution in [-0.2, 0) is 4.79 Å². The molecule has 0 spiro atoms. The number of benzene rings is 2. The van der Waals surface area contributed by atoms with Crippen molar-refractivity contribution in [1.29, 1.82) is 5.26 Å². The quantitative estimate of drug-likeness (QED) is 0.302. The van der Waals surface area contributed by atoms with E-state index in [2.05, 4.69) is 32.8 Å². The highest BCUT2D eigenvalue weighted by atomic mass is 16.5. The average Bonchev–Trinajstić information content (AvgIpc) is 3.46. The molecule has 2 aliphatic rings. The molecule has 224 valence electrons. The van der Waals surface area contributed by atoms with Gasteiger partial charge in [0, 0.05) is 49.7 Å². The maximum Gasteiger partial charge on any atom is 0.319 e. The van der Waals surface area contributed by atoms with Crippen LogP contribution in [0, 0.1) is 11.3 Å². The average molecular weight is 586 g/mol. The van der Waals surface area contributed by atoms with Crippen LogP contribution in [0.3, 0.4) is 0 Å². The molecule has 0 radical (unpaired) electrons. The Morgan fingerprint density at radius 3 is 2.79 bits per heavy atom. The number of nitrogens with zero attached hydrogens (tertiary/aromatic N) is 6. The first-order valence-electron chi connectivity index (χ1n) is 14.3. The van der Waals surface area contributed by atoms with E-state index >= 15 is 0 Å². The molecule has 2 fully saturated rings. The number of likely N-dealkylation sites (tertiary alicyclic amines) is 1. The lowest BCUT2D eigenvalue weighted by Crippen LogP contribution is -2.55. The molecule has 3 N–H and O–H groups in total. The maximum absolute atomic E-state index is 13.6. The topological polar surface area (TPSA) is 155 Å². The van der Waals surface area contributed by atoms with Crippen LogP contribution in [-0.4, -0.2) is 99.8 Å². The van der Waals surface area contributed by atoms with E-state index in [-0.39, 0.29) is 48.5 Å². The largest absolute Gasteiger partial charge is 0.508 e. The second kappa shape index (κ2) is 13.5. The van der Waals surface area contributed by atoms with E-state index < -0.39 is 5.91 Å². The van der Waals surface area contributed by atoms with E-state index in [1.54, 1.807) is 17.0 Å². The molecule has 3 aromatic rings. The van der Waals surface area contributed by atoms with Gasteiger partial charge in [-0.3, -0.25) is 14.5 Å². The van der Waals surface area contributed by atoms with Crippen molar-refractivity contribution in [2.75, 3.05) is 56.2 Å². The smallest absolute Gasteiger partial charge is 0.319 e. The minimum absolute atomic E-state index is 0.0147. The lowest BCUT2D eigenvalue weighted by atomic mass is 10.1. The molecule has 2 amide bonds. The van der Waals surface area contributed by atoms with Gasteiger partial charge in [-0.1, -0.05) is 30.8 Å². The number of phenolic OH excluding ortho intramolecular Hbond substituents is 1. The van der Waals surface area contributed by atoms with Gasteiger partial charge in [0.1, 0.15) is 23.9 Å². The fourth-order valence-corrected chi connectivity index (χ4v) is 5.77. The van der Waals surface area contributed by atoms with Crippen LogP contribution in [0.25, 0.3) is 10.8 Å². The summed E-state index contributed by atoms with van der Waals surface area (Å²) in [5.74, 6) is -0.306. The molecule has 12 heteroatoms. The lowest BCUT2D eigenvalue weighted by molar-refractivity contribution is -0.128. The van der Waals surface area contributed by atoms with Gasteiger partial charge in [-0.2, -0.15) is 15.2 Å². The number of amides is 2. The fourth-order valence-electron chi connectivity index (χ4n) is 5.77. The molecular formula is C31H35N7O5. The molecule has 0 aliphatic carbocycles. The summed E-state index contributed by atoms with van der Waals surface area (Å²) in [4.78, 5) is 40.8. The first-order chi connectivity index (χ1) is 20.9. The lowest BCUT2D eigenvalue weighted by Gasteiger charge is -2.40. The van der Waals surface area contributed by atoms with Crippen molar-refractivity contribution in [2.24, 2.45) is 0 Å². The number of nitrogens with one attached hydrogen (secondary N) is 1. The molecule has 2 aliphatic heterocycles. The Bertz CT molecular complexity index is 1540. The number of nitriles is 1. The van der Waals surface area contributed by atoms with Crippen molar-refractivity contribution in [3.63, 3.8) is 0 Å². The Balaban J connectivity index is 1.44. The summed E-state index contributed by atoms with van der Waals surface area (Å²) in [6, 6.07) is 13.9. The van der Waals surface area contributed by atoms with Crippen LogP contribution in [0.15, 0.2) is 55.1 Å². The van der Waals surface area contributed by atoms with Crippen LogP contribution in [0.1, 0.15) is 29.8 Å². The Morgan fingerprint density at radius 2 is 2.00 bits per heavy atom. The minimum Gasteiger partial charge on any atom is -0.508 e. The van der Waals surface area contributed by atoms with E-state index in [0.29, 0.717) is 44.3 Å². The van der Waals surface area contributed by atoms with Crippen molar-refractivity contribution in [2.45, 2.75) is 31.3 Å². The molecule has 5 rings (SSSR count). The van der Waals surface area contributed by atoms with Crippen LogP contribution in [0.4, 0.5) is 11.5 Å². The zero-order valence-electron chi connectivity index (χ0n) is 23.9. The van der Waals surface area contributed by atoms with Crippen LogP contribution >= 0.6 is 0 Å². The van der Waals surface area contributed by atoms with Crippen LogP contribution in [0.2, 0.25) is 0 Å². The normalized spacial score (nSPS) is 18.8. The predicted octanol–water partition coefficient (Wildman–Crippen LogP) is 2.54. The third-order valence-electron chi connectivity index (χ3n) is 7.90. The highest BCUT2D eigenvalue weighted by molar-refractivity contribution is 6.09. The van der Waals surface area contributed by atoms with Crippen molar-refractivity contribution in [3.8, 4) is 17.8 Å². The fraction of sp³-hybridized carbons (Fsp3) is 0.387. The summed E-state index contributed by atoms with van der Waals surface area (Å²) in [6.07, 6.45) is 3.28. The monoisotopic (exact) mass is 585 g/mol. The highest BCUT2D eigenvalue weighted by Crippen LogP contribution is 2.30. The number of hydrogen-bond donors (Lipinski definition) is 3. The van der Waals surface area contributed by atoms with Crippen molar-refractivity contribution in [1.82, 2.24) is 19.8 Å². The summed E-state index contributed by atoms with van der Waals surface area (Å²) in [6.45, 7) is 6.45. The Hall–Kier alpha value is -4.73. The molecule has 2 atom stereocenters. The molecule has 3 heterocycles. The van der Waals surface area contributed by atoms with Gasteiger partial charge >= 0.3 is 6.01 Å². The van der Waals surface area contributed by atoms with Gasteiger partial charge in [-0.25, -0.2) is 0 Å². The van der Waals surface area contributed by atoms with Crippen LogP contribution < -0.4 is 15.0 Å². The van der Waals surface area contributed by atoms with Gasteiger partial charge in [-0.15, -0.1) is 0 Å². The number of ether oxygens (including phenoxy) is 1. The number of aromatic hydroxyl groups is 1. The molecule has 0 saturated carbocycles. The number of hydrogen-bond acceptors (Lipinski definition) is 10. The third kappa shape index (κ3) is 6.85. The summed E-state index contributed by atoms with van der Waals surface area (Å²) in [7, 11) is 0. The first kappa shape index (κ1) is 29.8. The number of fused-ring (bicyclic) bond motifs is 1. The number of rotatable bonds is 10. The van der Waals surface area contributed by atoms with Gasteiger partial charge in [0.05, 0.1) is 30.8 Å². The standard InChI is InChI=1S/C31H35N7O5/c1-2-29(41)38-13-12-37(19-22(38)9-10-32)28-18-27(34-31(35-28)43-20-23-7-5-11-36(23)14-15-39)30(42)33-26-17-24(40)16-21-6-3-4-8-25(21)26/h2-4,6,8,16-18,22-23,39-40H,1,5,7,9,11-15,19-20H2,(H,33,42)/t22-,23-/m0/s1. The summed E-state index contributed by atoms with van der Waals surface area (Å²) in [5, 5.41) is 33.5. The van der Waals surface area contributed by atoms with Crippen molar-refractivity contribution in [3.05, 3.63) is 60.8 Å². The number of carbonyl (C=O) groups excluding carboxylic acids is 2. The second-order valence-corrected chi connectivity index (χ2v) is 10.6. The Kier molecular flexibility index (Phi) is 9.34. The van der Waals surface area contributed by atoms with Crippen molar-refractivity contribution < 1.29 is 24.5 Å². The van der Waals surface area contributed by atoms with E-state index in [9.17, 15) is 25.1 Å². The highest BCUT2D eigenvalue weighted by Gasteiger charge is 2.31. The SMILES string of the molecule is C=CC(=O)N1CCN(c2cc(C(=O)Nc3cc(O)cc4ccccc34)nc(OC[C@@H]3CCCN3CCO)n2)C[C@@H]1CC#N. The zero-order chi connectivity index (χ0) is 30.3. The number of piperazine rings is 1. The third-order valence-corrected chi connectivity index (χ3v) is 7.90. The zero-order valence-corrected chi connectivity index (χ0v) is 23.9. The second-order valence-electron chi connectivity index (χ2n) is 10.6. The number of anilines is 2. The molecule has 1 aromatic heterocycles. The molecule has 2 saturated heterocycles. The number of phenols is 1. The number of carbonyl (C=O) groups is 2. The van der Waals surface area contributed by atoms with Crippen LogP contribution in [0.5, 0.6) is 11.8 Å². The Morgan fingerprint density at radius 1 is 1.16 bits per heavy atom. The minimum atomic E-state index is -0.513. The summed E-state index contributed by atoms with van der Waals surface area (Å²) >= 11 is 0. The maximum atomic E-state index is 13.6. The van der Waals surface area contributed by atoms with Gasteiger partial charge in [-0.05, 0) is 36.9 Å². The molecule has 0 unspecified atom stereocenters. The van der Waals surface area contributed by atoms with E-state index in [0.717, 1.165) is 30.2 Å².